The maximum Gasteiger partial charge on any atom is 0.254 e. The fourth-order valence-corrected chi connectivity index (χ4v) is 9.22. The summed E-state index contributed by atoms with van der Waals surface area (Å²) in [5.74, 6) is 0.639. The van der Waals surface area contributed by atoms with Crippen LogP contribution in [-0.2, 0) is 0 Å². The second kappa shape index (κ2) is 14.0. The van der Waals surface area contributed by atoms with Crippen LogP contribution in [0.2, 0.25) is 0 Å². The van der Waals surface area contributed by atoms with Crippen molar-refractivity contribution in [2.45, 2.75) is 149 Å². The van der Waals surface area contributed by atoms with Gasteiger partial charge in [0.05, 0.1) is 0 Å². The van der Waals surface area contributed by atoms with E-state index in [1.165, 1.54) is 0 Å². The molecule has 1 atom stereocenters. The van der Waals surface area contributed by atoms with Gasteiger partial charge >= 0.3 is 0 Å². The Morgan fingerprint density at radius 3 is 1.45 bits per heavy atom. The zero-order valence-corrected chi connectivity index (χ0v) is 31.4. The summed E-state index contributed by atoms with van der Waals surface area (Å²) < 4.78 is 0. The lowest BCUT2D eigenvalue weighted by atomic mass is 9.76. The van der Waals surface area contributed by atoms with Gasteiger partial charge in [0, 0.05) is 58.5 Å². The number of amides is 2. The summed E-state index contributed by atoms with van der Waals surface area (Å²) >= 11 is 0. The van der Waals surface area contributed by atoms with Gasteiger partial charge in [-0.15, -0.1) is 0 Å². The third kappa shape index (κ3) is 10.4. The van der Waals surface area contributed by atoms with Crippen molar-refractivity contribution in [1.82, 2.24) is 20.4 Å². The van der Waals surface area contributed by atoms with Gasteiger partial charge in [-0.1, -0.05) is 57.2 Å². The molecule has 260 valence electrons. The Kier molecular flexibility index (Phi) is 11.1. The van der Waals surface area contributed by atoms with E-state index in [1.807, 2.05) is 60.7 Å². The van der Waals surface area contributed by atoms with E-state index in [0.717, 1.165) is 56.2 Å². The standard InChI is InChI=1S/C41H64N4O2/c1-30(22-23-44(35(46)31-18-14-12-15-19-31)33-25-38(4,5)42-39(6,7)26-33)24-37(2,3)29-45(36(47)32-20-16-13-17-21-32)34-27-40(8,9)43-41(10,11)28-34/h12-21,30,33-34,42-43H,22-29H2,1-11H3. The summed E-state index contributed by atoms with van der Waals surface area (Å²) in [5, 5.41) is 7.60. The number of nitrogens with one attached hydrogen (secondary N) is 2. The second-order valence-electron chi connectivity index (χ2n) is 18.3. The number of carbonyl (C=O) groups is 2. The molecule has 2 aliphatic rings. The molecule has 0 spiro atoms. The Balaban J connectivity index is 1.52. The van der Waals surface area contributed by atoms with Crippen molar-refractivity contribution in [3.8, 4) is 0 Å². The molecule has 2 fully saturated rings. The highest BCUT2D eigenvalue weighted by Gasteiger charge is 2.44. The molecule has 0 aliphatic carbocycles. The van der Waals surface area contributed by atoms with Crippen LogP contribution in [0.5, 0.6) is 0 Å². The Morgan fingerprint density at radius 1 is 0.681 bits per heavy atom. The lowest BCUT2D eigenvalue weighted by Crippen LogP contribution is -2.63. The molecule has 2 N–H and O–H groups in total. The first-order valence-corrected chi connectivity index (χ1v) is 18.0. The SMILES string of the molecule is CC(CCN(C(=O)c1ccccc1)C1CC(C)(C)NC(C)(C)C1)CC(C)(C)CN(C(=O)c1ccccc1)C1CC(C)(C)NC(C)(C)C1. The molecule has 47 heavy (non-hydrogen) atoms. The fourth-order valence-electron chi connectivity index (χ4n) is 9.22. The van der Waals surface area contributed by atoms with Gasteiger partial charge in [-0.25, -0.2) is 0 Å². The third-order valence-electron chi connectivity index (χ3n) is 10.1. The first-order valence-electron chi connectivity index (χ1n) is 18.0. The lowest BCUT2D eigenvalue weighted by Gasteiger charge is -2.51. The Hall–Kier alpha value is -2.70. The largest absolute Gasteiger partial charge is 0.336 e. The smallest absolute Gasteiger partial charge is 0.254 e. The summed E-state index contributed by atoms with van der Waals surface area (Å²) in [6, 6.07) is 19.9. The van der Waals surface area contributed by atoms with Gasteiger partial charge in [0.1, 0.15) is 0 Å². The topological polar surface area (TPSA) is 64.7 Å². The van der Waals surface area contributed by atoms with Crippen LogP contribution in [-0.4, -0.2) is 68.9 Å². The molecule has 0 aromatic heterocycles. The fraction of sp³-hybridized carbons (Fsp3) is 0.659. The summed E-state index contributed by atoms with van der Waals surface area (Å²) in [6.07, 6.45) is 5.58. The molecule has 6 nitrogen and oxygen atoms in total. The van der Waals surface area contributed by atoms with Crippen LogP contribution in [0, 0.1) is 11.3 Å². The number of hydrogen-bond acceptors (Lipinski definition) is 4. The maximum atomic E-state index is 14.2. The van der Waals surface area contributed by atoms with Crippen molar-refractivity contribution in [2.75, 3.05) is 13.1 Å². The summed E-state index contributed by atoms with van der Waals surface area (Å²) in [7, 11) is 0. The molecule has 6 heteroatoms. The highest BCUT2D eigenvalue weighted by molar-refractivity contribution is 5.95. The molecule has 2 aromatic rings. The predicted octanol–water partition coefficient (Wildman–Crippen LogP) is 8.33. The number of rotatable bonds is 11. The molecule has 2 aromatic carbocycles. The molecule has 2 saturated heterocycles. The molecular formula is C41H64N4O2. The predicted molar refractivity (Wildman–Crippen MR) is 196 cm³/mol. The molecular weight excluding hydrogens is 580 g/mol. The summed E-state index contributed by atoms with van der Waals surface area (Å²) in [4.78, 5) is 32.6. The average Bonchev–Trinajstić information content (AvgIpc) is 2.93. The molecule has 0 saturated carbocycles. The van der Waals surface area contributed by atoms with Gasteiger partial charge in [-0.05, 0) is 130 Å². The first kappa shape index (κ1) is 37.1. The van der Waals surface area contributed by atoms with Crippen LogP contribution in [0.1, 0.15) is 135 Å². The van der Waals surface area contributed by atoms with Crippen LogP contribution in [0.15, 0.2) is 60.7 Å². The minimum Gasteiger partial charge on any atom is -0.336 e. The van der Waals surface area contributed by atoms with E-state index in [4.69, 9.17) is 0 Å². The third-order valence-corrected chi connectivity index (χ3v) is 10.1. The molecule has 0 radical (unpaired) electrons. The van der Waals surface area contributed by atoms with Crippen molar-refractivity contribution >= 4 is 11.8 Å². The van der Waals surface area contributed by atoms with Crippen LogP contribution in [0.25, 0.3) is 0 Å². The van der Waals surface area contributed by atoms with Crippen LogP contribution >= 0.6 is 0 Å². The molecule has 1 unspecified atom stereocenters. The maximum absolute atomic E-state index is 14.2. The molecule has 4 rings (SSSR count). The van der Waals surface area contributed by atoms with E-state index in [9.17, 15) is 9.59 Å². The van der Waals surface area contributed by atoms with Crippen LogP contribution in [0.3, 0.4) is 0 Å². The zero-order valence-electron chi connectivity index (χ0n) is 31.4. The summed E-state index contributed by atoms with van der Waals surface area (Å²) in [6.45, 7) is 26.4. The zero-order chi connectivity index (χ0) is 34.8. The van der Waals surface area contributed by atoms with Crippen LogP contribution < -0.4 is 10.6 Å². The van der Waals surface area contributed by atoms with E-state index in [0.29, 0.717) is 12.5 Å². The number of carbonyl (C=O) groups excluding carboxylic acids is 2. The minimum absolute atomic E-state index is 0.0538. The van der Waals surface area contributed by atoms with E-state index in [-0.39, 0.29) is 51.5 Å². The number of piperidine rings is 2. The van der Waals surface area contributed by atoms with Crippen molar-refractivity contribution in [3.05, 3.63) is 71.8 Å². The van der Waals surface area contributed by atoms with Crippen molar-refractivity contribution in [1.29, 1.82) is 0 Å². The van der Waals surface area contributed by atoms with Crippen molar-refractivity contribution in [3.63, 3.8) is 0 Å². The molecule has 0 bridgehead atoms. The monoisotopic (exact) mass is 645 g/mol. The highest BCUT2D eigenvalue weighted by Crippen LogP contribution is 2.37. The Bertz CT molecular complexity index is 1320. The van der Waals surface area contributed by atoms with Gasteiger partial charge in [-0.3, -0.25) is 9.59 Å². The number of nitrogens with zero attached hydrogens (tertiary/aromatic N) is 2. The van der Waals surface area contributed by atoms with E-state index in [1.54, 1.807) is 0 Å². The number of benzene rings is 2. The molecule has 2 heterocycles. The normalized spacial score (nSPS) is 21.5. The average molecular weight is 645 g/mol. The quantitative estimate of drug-likeness (QED) is 0.258. The molecule has 2 aliphatic heterocycles. The highest BCUT2D eigenvalue weighted by atomic mass is 16.2. The van der Waals surface area contributed by atoms with E-state index < -0.39 is 0 Å². The van der Waals surface area contributed by atoms with Crippen LogP contribution in [0.4, 0.5) is 0 Å². The van der Waals surface area contributed by atoms with Crippen molar-refractivity contribution in [2.24, 2.45) is 11.3 Å². The van der Waals surface area contributed by atoms with Gasteiger partial charge in [0.2, 0.25) is 0 Å². The second-order valence-corrected chi connectivity index (χ2v) is 18.3. The summed E-state index contributed by atoms with van der Waals surface area (Å²) in [5.41, 5.74) is 1.18. The van der Waals surface area contributed by atoms with Gasteiger partial charge < -0.3 is 20.4 Å². The minimum atomic E-state index is -0.101. The van der Waals surface area contributed by atoms with Gasteiger partial charge in [-0.2, -0.15) is 0 Å². The Morgan fingerprint density at radius 2 is 1.04 bits per heavy atom. The van der Waals surface area contributed by atoms with Gasteiger partial charge in [0.15, 0.2) is 0 Å². The molecule has 2 amide bonds. The van der Waals surface area contributed by atoms with E-state index in [2.05, 4.69) is 96.6 Å². The number of hydrogen-bond donors (Lipinski definition) is 2. The Labute approximate surface area is 286 Å². The van der Waals surface area contributed by atoms with E-state index >= 15 is 0 Å². The lowest BCUT2D eigenvalue weighted by molar-refractivity contribution is 0.0274. The van der Waals surface area contributed by atoms with Gasteiger partial charge in [0.25, 0.3) is 11.8 Å². The first-order chi connectivity index (χ1) is 21.7. The van der Waals surface area contributed by atoms with Crippen molar-refractivity contribution < 1.29 is 9.59 Å².